The van der Waals surface area contributed by atoms with Crippen molar-refractivity contribution in [1.29, 1.82) is 0 Å². The van der Waals surface area contributed by atoms with Crippen LogP contribution in [0.15, 0.2) is 18.2 Å². The summed E-state index contributed by atoms with van der Waals surface area (Å²) in [5.74, 6) is -0.609. The van der Waals surface area contributed by atoms with Crippen molar-refractivity contribution >= 4 is 24.8 Å². The van der Waals surface area contributed by atoms with Crippen LogP contribution in [0.3, 0.4) is 0 Å². The van der Waals surface area contributed by atoms with Gasteiger partial charge in [0, 0.05) is 32.2 Å². The van der Waals surface area contributed by atoms with Crippen molar-refractivity contribution in [3.63, 3.8) is 0 Å². The normalized spacial score (nSPS) is 16.9. The van der Waals surface area contributed by atoms with E-state index in [9.17, 15) is 17.6 Å². The molecule has 1 aliphatic rings. The molecule has 1 atom stereocenters. The van der Waals surface area contributed by atoms with Crippen LogP contribution in [-0.4, -0.2) is 44.4 Å². The molecule has 0 aromatic heterocycles. The van der Waals surface area contributed by atoms with Crippen molar-refractivity contribution in [3.05, 3.63) is 29.6 Å². The molecule has 1 aromatic carbocycles. The Labute approximate surface area is 145 Å². The third-order valence-corrected chi connectivity index (χ3v) is 3.58. The zero-order chi connectivity index (χ0) is 15.5. The maximum atomic E-state index is 13.8. The fourth-order valence-corrected chi connectivity index (χ4v) is 2.56. The van der Waals surface area contributed by atoms with Crippen molar-refractivity contribution in [3.8, 4) is 5.75 Å². The van der Waals surface area contributed by atoms with Gasteiger partial charge in [-0.15, -0.1) is 24.8 Å². The van der Waals surface area contributed by atoms with Crippen LogP contribution in [0.1, 0.15) is 18.0 Å². The predicted octanol–water partition coefficient (Wildman–Crippen LogP) is 3.58. The van der Waals surface area contributed by atoms with E-state index >= 15 is 0 Å². The molecule has 1 N–H and O–H groups in total. The molecule has 9 heteroatoms. The van der Waals surface area contributed by atoms with Gasteiger partial charge in [-0.3, -0.25) is 4.90 Å². The van der Waals surface area contributed by atoms with Crippen molar-refractivity contribution in [1.82, 2.24) is 10.2 Å². The van der Waals surface area contributed by atoms with Gasteiger partial charge in [0.15, 0.2) is 11.6 Å². The molecule has 1 heterocycles. The molecular weight excluding hydrogens is 359 g/mol. The molecule has 0 saturated carbocycles. The molecule has 1 aromatic rings. The van der Waals surface area contributed by atoms with Crippen molar-refractivity contribution in [2.45, 2.75) is 18.6 Å². The van der Waals surface area contributed by atoms with Gasteiger partial charge in [-0.05, 0) is 17.7 Å². The van der Waals surface area contributed by atoms with Crippen LogP contribution < -0.4 is 10.1 Å². The van der Waals surface area contributed by atoms with Gasteiger partial charge in [0.05, 0.1) is 13.5 Å². The monoisotopic (exact) mass is 378 g/mol. The van der Waals surface area contributed by atoms with Gasteiger partial charge in [0.1, 0.15) is 0 Å². The second-order valence-corrected chi connectivity index (χ2v) is 5.02. The Morgan fingerprint density at radius 1 is 1.22 bits per heavy atom. The Morgan fingerprint density at radius 2 is 1.83 bits per heavy atom. The number of hydrogen-bond acceptors (Lipinski definition) is 3. The second-order valence-electron chi connectivity index (χ2n) is 5.02. The molecule has 0 radical (unpaired) electrons. The average Bonchev–Trinajstić information content (AvgIpc) is 2.45. The van der Waals surface area contributed by atoms with E-state index in [2.05, 4.69) is 5.32 Å². The largest absolute Gasteiger partial charge is 0.494 e. The summed E-state index contributed by atoms with van der Waals surface area (Å²) in [5.41, 5.74) is 0.326. The van der Waals surface area contributed by atoms with Gasteiger partial charge in [0.25, 0.3) is 0 Å². The zero-order valence-electron chi connectivity index (χ0n) is 12.5. The fourth-order valence-electron chi connectivity index (χ4n) is 2.56. The highest BCUT2D eigenvalue weighted by Gasteiger charge is 2.36. The summed E-state index contributed by atoms with van der Waals surface area (Å²) in [6, 6.07) is 3.14. The molecule has 23 heavy (non-hydrogen) atoms. The highest BCUT2D eigenvalue weighted by atomic mass is 35.5. The minimum atomic E-state index is -4.30. The number of nitrogens with zero attached hydrogens (tertiary/aromatic N) is 1. The smallest absolute Gasteiger partial charge is 0.390 e. The molecule has 0 aliphatic carbocycles. The third-order valence-electron chi connectivity index (χ3n) is 3.58. The number of nitrogens with one attached hydrogen (secondary N) is 1. The lowest BCUT2D eigenvalue weighted by atomic mass is 10.0. The molecule has 1 aliphatic heterocycles. The van der Waals surface area contributed by atoms with Gasteiger partial charge in [-0.2, -0.15) is 13.2 Å². The summed E-state index contributed by atoms with van der Waals surface area (Å²) in [6.45, 7) is 2.28. The number of alkyl halides is 3. The van der Waals surface area contributed by atoms with Crippen LogP contribution in [0, 0.1) is 5.82 Å². The maximum absolute atomic E-state index is 13.8. The van der Waals surface area contributed by atoms with Gasteiger partial charge >= 0.3 is 6.18 Å². The molecule has 0 bridgehead atoms. The first-order valence-electron chi connectivity index (χ1n) is 6.75. The van der Waals surface area contributed by atoms with Gasteiger partial charge in [0.2, 0.25) is 0 Å². The molecule has 1 fully saturated rings. The lowest BCUT2D eigenvalue weighted by Crippen LogP contribution is -2.46. The number of benzene rings is 1. The van der Waals surface area contributed by atoms with E-state index in [-0.39, 0.29) is 30.6 Å². The molecule has 1 saturated heterocycles. The minimum absolute atomic E-state index is 0. The van der Waals surface area contributed by atoms with E-state index < -0.39 is 24.5 Å². The van der Waals surface area contributed by atoms with E-state index in [1.807, 2.05) is 0 Å². The van der Waals surface area contributed by atoms with E-state index in [0.717, 1.165) is 6.07 Å². The topological polar surface area (TPSA) is 24.5 Å². The summed E-state index contributed by atoms with van der Waals surface area (Å²) < 4.78 is 57.1. The summed E-state index contributed by atoms with van der Waals surface area (Å²) in [7, 11) is 1.32. The molecule has 0 amide bonds. The minimum Gasteiger partial charge on any atom is -0.494 e. The lowest BCUT2D eigenvalue weighted by Gasteiger charge is -2.35. The van der Waals surface area contributed by atoms with Crippen LogP contribution in [0.5, 0.6) is 5.75 Å². The summed E-state index contributed by atoms with van der Waals surface area (Å²) in [4.78, 5) is 1.74. The molecule has 3 nitrogen and oxygen atoms in total. The number of halogens is 6. The quantitative estimate of drug-likeness (QED) is 0.810. The Balaban J connectivity index is 0.00000242. The van der Waals surface area contributed by atoms with Crippen molar-refractivity contribution < 1.29 is 22.3 Å². The Hall–Kier alpha value is -0.760. The summed E-state index contributed by atoms with van der Waals surface area (Å²) >= 11 is 0. The predicted molar refractivity (Wildman–Crippen MR) is 85.3 cm³/mol. The van der Waals surface area contributed by atoms with Gasteiger partial charge < -0.3 is 10.1 Å². The first kappa shape index (κ1) is 22.2. The van der Waals surface area contributed by atoms with E-state index in [1.165, 1.54) is 19.2 Å². The molecular formula is C14H20Cl2F4N2O. The van der Waals surface area contributed by atoms with Crippen LogP contribution >= 0.6 is 24.8 Å². The molecule has 2 rings (SSSR count). The van der Waals surface area contributed by atoms with Crippen LogP contribution in [0.2, 0.25) is 0 Å². The number of methoxy groups -OCH3 is 1. The molecule has 0 spiro atoms. The average molecular weight is 379 g/mol. The lowest BCUT2D eigenvalue weighted by molar-refractivity contribution is -0.148. The van der Waals surface area contributed by atoms with Crippen LogP contribution in [0.4, 0.5) is 17.6 Å². The number of ether oxygens (including phenoxy) is 1. The zero-order valence-corrected chi connectivity index (χ0v) is 14.2. The Kier molecular flexibility index (Phi) is 9.20. The highest BCUT2D eigenvalue weighted by Crippen LogP contribution is 2.35. The Morgan fingerprint density at radius 3 is 2.30 bits per heavy atom. The summed E-state index contributed by atoms with van der Waals surface area (Å²) in [5, 5.41) is 3.10. The SMILES string of the molecule is COc1ccc([C@H](CC(F)(F)F)N2CCNCC2)cc1F.Cl.Cl. The standard InChI is InChI=1S/C14H18F4N2O.2ClH/c1-21-13-3-2-10(8-11(13)15)12(9-14(16,17)18)20-6-4-19-5-7-20;;/h2-3,8,12,19H,4-7,9H2,1H3;2*1H/t12-;;/m0../s1. The van der Waals surface area contributed by atoms with E-state index in [1.54, 1.807) is 4.90 Å². The van der Waals surface area contributed by atoms with Gasteiger partial charge in [-0.1, -0.05) is 6.07 Å². The highest BCUT2D eigenvalue weighted by molar-refractivity contribution is 5.85. The number of rotatable bonds is 4. The van der Waals surface area contributed by atoms with E-state index in [4.69, 9.17) is 4.74 Å². The Bertz CT molecular complexity index is 482. The van der Waals surface area contributed by atoms with Crippen LogP contribution in [0.25, 0.3) is 0 Å². The first-order valence-corrected chi connectivity index (χ1v) is 6.75. The first-order chi connectivity index (χ1) is 9.90. The second kappa shape index (κ2) is 9.52. The number of piperazine rings is 1. The summed E-state index contributed by atoms with van der Waals surface area (Å²) in [6.07, 6.45) is -5.29. The fraction of sp³-hybridized carbons (Fsp3) is 0.571. The van der Waals surface area contributed by atoms with Crippen molar-refractivity contribution in [2.75, 3.05) is 33.3 Å². The van der Waals surface area contributed by atoms with Crippen molar-refractivity contribution in [2.24, 2.45) is 0 Å². The maximum Gasteiger partial charge on any atom is 0.390 e. The van der Waals surface area contributed by atoms with E-state index in [0.29, 0.717) is 31.7 Å². The van der Waals surface area contributed by atoms with Crippen LogP contribution in [-0.2, 0) is 0 Å². The molecule has 0 unspecified atom stereocenters. The third kappa shape index (κ3) is 6.33. The molecule has 134 valence electrons. The van der Waals surface area contributed by atoms with Gasteiger partial charge in [-0.25, -0.2) is 4.39 Å². The number of hydrogen-bond donors (Lipinski definition) is 1.